The number of ether oxygens (including phenoxy) is 3. The predicted octanol–water partition coefficient (Wildman–Crippen LogP) is 6.42. The summed E-state index contributed by atoms with van der Waals surface area (Å²) in [7, 11) is 0. The minimum Gasteiger partial charge on any atom is -0.457 e. The Bertz CT molecular complexity index is 2680. The molecule has 21 nitrogen and oxygen atoms in total. The van der Waals surface area contributed by atoms with Crippen molar-refractivity contribution in [3.8, 4) is 0 Å². The van der Waals surface area contributed by atoms with Crippen LogP contribution in [0.2, 0.25) is 0 Å². The van der Waals surface area contributed by atoms with E-state index in [1.54, 1.807) is 13.8 Å². The maximum absolute atomic E-state index is 14.2. The zero-order chi connectivity index (χ0) is 48.3. The lowest BCUT2D eigenvalue weighted by molar-refractivity contribution is -0.385. The number of aliphatic hydroxyl groups is 1. The molecule has 0 spiro atoms. The number of amides is 3. The highest BCUT2D eigenvalue weighted by atomic mass is 32.2. The molecular formula is C45H42N6O15S. The van der Waals surface area contributed by atoms with Crippen molar-refractivity contribution >= 4 is 64.4 Å². The van der Waals surface area contributed by atoms with Gasteiger partial charge >= 0.3 is 18.0 Å². The van der Waals surface area contributed by atoms with E-state index in [9.17, 15) is 59.4 Å². The first-order valence-electron chi connectivity index (χ1n) is 20.7. The van der Waals surface area contributed by atoms with Crippen LogP contribution in [0.1, 0.15) is 54.2 Å². The van der Waals surface area contributed by atoms with Crippen molar-refractivity contribution in [1.29, 1.82) is 0 Å². The van der Waals surface area contributed by atoms with Gasteiger partial charge in [-0.25, -0.2) is 14.4 Å². The lowest BCUT2D eigenvalue weighted by Crippen LogP contribution is -2.71. The number of nitrogens with zero attached hydrogens (tertiary/aromatic N) is 5. The number of nitrogens with one attached hydrogen (secondary N) is 1. The lowest BCUT2D eigenvalue weighted by Gasteiger charge is -2.54. The number of rotatable bonds is 16. The number of esters is 2. The first-order valence-corrected chi connectivity index (χ1v) is 21.6. The number of fused-ring (bicyclic) bond motifs is 1. The van der Waals surface area contributed by atoms with Crippen molar-refractivity contribution in [3.63, 3.8) is 0 Å². The highest BCUT2D eigenvalue weighted by Crippen LogP contribution is 2.57. The summed E-state index contributed by atoms with van der Waals surface area (Å²) in [6.07, 6.45) is -1.99. The number of aliphatic hydroxyl groups excluding tert-OH is 1. The van der Waals surface area contributed by atoms with E-state index in [-0.39, 0.29) is 66.8 Å². The maximum Gasteiger partial charge on any atom is 0.410 e. The van der Waals surface area contributed by atoms with Crippen LogP contribution in [0.4, 0.5) is 27.5 Å². The number of nitro groups is 3. The quantitative estimate of drug-likeness (QED) is 0.0403. The number of nitro benzene ring substituents is 3. The van der Waals surface area contributed by atoms with Crippen LogP contribution >= 0.6 is 11.8 Å². The molecule has 2 saturated heterocycles. The van der Waals surface area contributed by atoms with Crippen LogP contribution in [0.5, 0.6) is 0 Å². The fourth-order valence-electron chi connectivity index (χ4n) is 8.24. The molecule has 22 heteroatoms. The van der Waals surface area contributed by atoms with Crippen LogP contribution in [0.25, 0.3) is 0 Å². The molecule has 67 heavy (non-hydrogen) atoms. The number of likely N-dealkylation sites (tertiary alicyclic amines) is 1. The number of β-lactam (4-membered cyclic amide) rings is 1. The van der Waals surface area contributed by atoms with Crippen LogP contribution in [-0.4, -0.2) is 89.5 Å². The molecule has 3 aliphatic rings. The fraction of sp³-hybridized carbons (Fsp3) is 0.311. The molecule has 0 radical (unpaired) electrons. The van der Waals surface area contributed by atoms with Crippen molar-refractivity contribution in [2.75, 3.05) is 11.9 Å². The zero-order valence-corrected chi connectivity index (χ0v) is 36.8. The second-order valence-electron chi connectivity index (χ2n) is 16.3. The Labute approximate surface area is 385 Å². The van der Waals surface area contributed by atoms with E-state index in [4.69, 9.17) is 14.2 Å². The standard InChI is InChI=1S/C45H42N6O15S/c1-25-38(37(48-39(25)45(3,26(2)52)43(48)56)42(55)65-23-28-9-15-33(16-10-28)50(60)61)67-35-20-36(47(21-35)44(57)66-24-29-11-17-34(18-12-29)51(62)63)40(53)46-31-6-4-5-30(19-31)41(54)64-22-27-7-13-32(14-8-27)49(58)59/h4-19,25-26,35-36,39,52H,20-24H2,1-3H3,(H,46,53)/t25-,26+,35?,36-,39+,45+/m0/s1. The van der Waals surface area contributed by atoms with Gasteiger partial charge < -0.3 is 24.6 Å². The van der Waals surface area contributed by atoms with Crippen molar-refractivity contribution in [3.05, 3.63) is 160 Å². The lowest BCUT2D eigenvalue weighted by atomic mass is 9.66. The third-order valence-corrected chi connectivity index (χ3v) is 13.5. The summed E-state index contributed by atoms with van der Waals surface area (Å²) >= 11 is 1.17. The average molecular weight is 939 g/mol. The molecule has 3 heterocycles. The van der Waals surface area contributed by atoms with E-state index >= 15 is 0 Å². The maximum atomic E-state index is 14.2. The van der Waals surface area contributed by atoms with E-state index in [2.05, 4.69) is 5.32 Å². The number of benzene rings is 4. The largest absolute Gasteiger partial charge is 0.457 e. The van der Waals surface area contributed by atoms with Crippen LogP contribution in [0.15, 0.2) is 108 Å². The zero-order valence-electron chi connectivity index (χ0n) is 36.0. The molecule has 2 N–H and O–H groups in total. The number of thioether (sulfide) groups is 1. The number of hydrogen-bond donors (Lipinski definition) is 2. The van der Waals surface area contributed by atoms with Gasteiger partial charge in [-0.3, -0.25) is 49.7 Å². The predicted molar refractivity (Wildman–Crippen MR) is 237 cm³/mol. The van der Waals surface area contributed by atoms with Gasteiger partial charge in [-0.1, -0.05) is 13.0 Å². The Hall–Kier alpha value is -7.72. The summed E-state index contributed by atoms with van der Waals surface area (Å²) < 4.78 is 16.7. The van der Waals surface area contributed by atoms with Crippen molar-refractivity contribution in [2.24, 2.45) is 11.3 Å². The molecule has 0 bridgehead atoms. The smallest absolute Gasteiger partial charge is 0.410 e. The molecule has 7 rings (SSSR count). The van der Waals surface area contributed by atoms with Gasteiger partial charge in [-0.15, -0.1) is 11.8 Å². The van der Waals surface area contributed by atoms with Gasteiger partial charge in [0.1, 0.15) is 31.6 Å². The van der Waals surface area contributed by atoms with Crippen molar-refractivity contribution < 1.29 is 58.1 Å². The third-order valence-electron chi connectivity index (χ3n) is 12.0. The Morgan fingerprint density at radius 1 is 0.791 bits per heavy atom. The second kappa shape index (κ2) is 19.4. The Balaban J connectivity index is 1.11. The molecule has 1 unspecified atom stereocenters. The molecule has 348 valence electrons. The fourth-order valence-corrected chi connectivity index (χ4v) is 9.75. The second-order valence-corrected chi connectivity index (χ2v) is 17.6. The third kappa shape index (κ3) is 9.80. The van der Waals surface area contributed by atoms with Crippen LogP contribution in [-0.2, 0) is 48.4 Å². The van der Waals surface area contributed by atoms with Crippen LogP contribution in [0.3, 0.4) is 0 Å². The molecule has 0 aromatic heterocycles. The van der Waals surface area contributed by atoms with E-state index in [0.717, 1.165) is 0 Å². The molecule has 2 fully saturated rings. The van der Waals surface area contributed by atoms with E-state index in [1.807, 2.05) is 0 Å². The van der Waals surface area contributed by atoms with Gasteiger partial charge in [0.15, 0.2) is 0 Å². The Morgan fingerprint density at radius 2 is 1.28 bits per heavy atom. The normalized spacial score (nSPS) is 21.2. The Kier molecular flexibility index (Phi) is 13.7. The monoisotopic (exact) mass is 938 g/mol. The van der Waals surface area contributed by atoms with Gasteiger partial charge in [0, 0.05) is 64.7 Å². The summed E-state index contributed by atoms with van der Waals surface area (Å²) in [5.41, 5.74) is -0.166. The topological polar surface area (TPSA) is 281 Å². The van der Waals surface area contributed by atoms with Crippen molar-refractivity contribution in [1.82, 2.24) is 9.80 Å². The minimum absolute atomic E-state index is 0.00767. The summed E-state index contributed by atoms with van der Waals surface area (Å²) in [6, 6.07) is 20.2. The molecule has 3 aliphatic heterocycles. The van der Waals surface area contributed by atoms with Crippen LogP contribution in [0, 0.1) is 41.7 Å². The van der Waals surface area contributed by atoms with Crippen LogP contribution < -0.4 is 5.32 Å². The molecule has 0 aliphatic carbocycles. The first kappa shape index (κ1) is 47.2. The Morgan fingerprint density at radius 3 is 1.78 bits per heavy atom. The summed E-state index contributed by atoms with van der Waals surface area (Å²) in [5, 5.41) is 46.3. The first-order chi connectivity index (χ1) is 31.9. The number of carbonyl (C=O) groups is 5. The number of non-ortho nitro benzene ring substituents is 3. The van der Waals surface area contributed by atoms with Crippen molar-refractivity contribution in [2.45, 2.75) is 70.5 Å². The summed E-state index contributed by atoms with van der Waals surface area (Å²) in [5.74, 6) is -3.31. The van der Waals surface area contributed by atoms with E-state index in [1.165, 1.54) is 126 Å². The summed E-state index contributed by atoms with van der Waals surface area (Å²) in [6.45, 7) is 4.02. The van der Waals surface area contributed by atoms with Gasteiger partial charge in [-0.05, 0) is 91.6 Å². The van der Waals surface area contributed by atoms with E-state index < -0.39 is 79.4 Å². The van der Waals surface area contributed by atoms with Gasteiger partial charge in [-0.2, -0.15) is 0 Å². The van der Waals surface area contributed by atoms with Gasteiger partial charge in [0.25, 0.3) is 17.1 Å². The number of carbonyl (C=O) groups excluding carboxylic acids is 5. The molecule has 0 saturated carbocycles. The van der Waals surface area contributed by atoms with Gasteiger partial charge in [0.2, 0.25) is 11.8 Å². The molecule has 4 aromatic carbocycles. The summed E-state index contributed by atoms with van der Waals surface area (Å²) in [4.78, 5) is 103. The number of anilines is 1. The minimum atomic E-state index is -1.26. The number of hydrogen-bond acceptors (Lipinski definition) is 16. The SMILES string of the molecule is C[C@H]1C(SC2C[C@@H](C(=O)Nc3cccc(C(=O)OCc4ccc([N+](=O)[O-])cc4)c3)N(C(=O)OCc3ccc([N+](=O)[O-])cc3)C2)=C(C(=O)OCc2ccc([N+](=O)[O-])cc2)N2C(=O)[C@](C)([C@@H](C)O)[C@@H]12. The van der Waals surface area contributed by atoms with Gasteiger partial charge in [0.05, 0.1) is 37.9 Å². The molecular weight excluding hydrogens is 897 g/mol. The molecule has 3 amide bonds. The highest BCUT2D eigenvalue weighted by molar-refractivity contribution is 8.03. The van der Waals surface area contributed by atoms with E-state index in [0.29, 0.717) is 21.6 Å². The highest BCUT2D eigenvalue weighted by Gasteiger charge is 2.68. The molecule has 4 aromatic rings. The molecule has 6 atom stereocenters. The average Bonchev–Trinajstić information content (AvgIpc) is 3.86.